The van der Waals surface area contributed by atoms with Gasteiger partial charge in [-0.3, -0.25) is 4.90 Å². The Hall–Kier alpha value is -3.25. The number of likely N-dealkylation sites (tertiary alicyclic amines) is 1. The smallest absolute Gasteiger partial charge is 0.272 e. The van der Waals surface area contributed by atoms with Crippen molar-refractivity contribution < 1.29 is 23.4 Å². The van der Waals surface area contributed by atoms with E-state index in [0.29, 0.717) is 29.7 Å². The fourth-order valence-electron chi connectivity index (χ4n) is 5.87. The molecule has 1 saturated carbocycles. The van der Waals surface area contributed by atoms with Crippen LogP contribution in [0.1, 0.15) is 41.0 Å². The standard InChI is InChI=1S/C24H19ClN2O3.C4H7F2N/c1-29-22-21-19(13-20(25)27-22)30-24(17-9-7-15(14-26)8-10-17)18(11-12-23(21,24)28)16-5-3-2-4-6-16;1-7-2-4(5,6)3-7/h2-10,13,18,28H,11-12H2,1H3;2-3H2,1H3. The minimum atomic E-state index is -2.38. The van der Waals surface area contributed by atoms with Gasteiger partial charge in [-0.25, -0.2) is 13.8 Å². The Morgan fingerprint density at radius 3 is 2.38 bits per heavy atom. The minimum Gasteiger partial charge on any atom is -0.481 e. The average Bonchev–Trinajstić information content (AvgIpc) is 3.30. The lowest BCUT2D eigenvalue weighted by Crippen LogP contribution is -2.53. The third-order valence-corrected chi connectivity index (χ3v) is 7.54. The summed E-state index contributed by atoms with van der Waals surface area (Å²) in [6.45, 7) is -0.125. The first-order valence-electron chi connectivity index (χ1n) is 11.9. The summed E-state index contributed by atoms with van der Waals surface area (Å²) in [5, 5.41) is 21.7. The number of alkyl halides is 2. The van der Waals surface area contributed by atoms with Gasteiger partial charge in [-0.05, 0) is 43.1 Å². The molecule has 1 N–H and O–H groups in total. The van der Waals surface area contributed by atoms with Gasteiger partial charge in [-0.1, -0.05) is 54.1 Å². The van der Waals surface area contributed by atoms with E-state index in [0.717, 1.165) is 11.1 Å². The third kappa shape index (κ3) is 4.11. The number of benzene rings is 2. The molecule has 3 aromatic rings. The van der Waals surface area contributed by atoms with Crippen molar-refractivity contribution in [2.24, 2.45) is 0 Å². The molecule has 3 unspecified atom stereocenters. The number of nitrogens with zero attached hydrogens (tertiary/aromatic N) is 3. The summed E-state index contributed by atoms with van der Waals surface area (Å²) in [4.78, 5) is 5.86. The highest BCUT2D eigenvalue weighted by atomic mass is 35.5. The molecular formula is C28H26ClF2N3O3. The topological polar surface area (TPSA) is 78.6 Å². The van der Waals surface area contributed by atoms with Crippen LogP contribution in [0, 0.1) is 11.3 Å². The number of aromatic nitrogens is 1. The molecule has 0 bridgehead atoms. The highest BCUT2D eigenvalue weighted by molar-refractivity contribution is 6.29. The van der Waals surface area contributed by atoms with Gasteiger partial charge in [0, 0.05) is 12.0 Å². The molecule has 2 aromatic carbocycles. The van der Waals surface area contributed by atoms with Gasteiger partial charge in [0.15, 0.2) is 5.60 Å². The van der Waals surface area contributed by atoms with Gasteiger partial charge < -0.3 is 14.6 Å². The lowest BCUT2D eigenvalue weighted by atomic mass is 9.72. The monoisotopic (exact) mass is 525 g/mol. The molecule has 37 heavy (non-hydrogen) atoms. The van der Waals surface area contributed by atoms with E-state index in [2.05, 4.69) is 23.2 Å². The number of rotatable bonds is 3. The van der Waals surface area contributed by atoms with Gasteiger partial charge in [0.05, 0.1) is 37.4 Å². The Balaban J connectivity index is 0.000000348. The van der Waals surface area contributed by atoms with Crippen LogP contribution in [0.3, 0.4) is 0 Å². The molecule has 0 amide bonds. The van der Waals surface area contributed by atoms with Crippen LogP contribution in [-0.2, 0) is 11.2 Å². The van der Waals surface area contributed by atoms with Crippen LogP contribution < -0.4 is 9.47 Å². The normalized spacial score (nSPS) is 27.0. The molecule has 3 aliphatic rings. The number of nitriles is 1. The van der Waals surface area contributed by atoms with Crippen LogP contribution in [0.15, 0.2) is 60.7 Å². The average molecular weight is 526 g/mol. The van der Waals surface area contributed by atoms with E-state index in [1.807, 2.05) is 30.3 Å². The van der Waals surface area contributed by atoms with Crippen molar-refractivity contribution in [1.29, 1.82) is 5.26 Å². The third-order valence-electron chi connectivity index (χ3n) is 7.34. The van der Waals surface area contributed by atoms with Gasteiger partial charge >= 0.3 is 0 Å². The lowest BCUT2D eigenvalue weighted by Gasteiger charge is -2.40. The maximum Gasteiger partial charge on any atom is 0.272 e. The second kappa shape index (κ2) is 9.25. The molecule has 9 heteroatoms. The van der Waals surface area contributed by atoms with Crippen molar-refractivity contribution in [2.75, 3.05) is 27.2 Å². The van der Waals surface area contributed by atoms with E-state index < -0.39 is 17.1 Å². The van der Waals surface area contributed by atoms with Crippen molar-refractivity contribution in [3.05, 3.63) is 88.1 Å². The van der Waals surface area contributed by atoms with E-state index in [-0.39, 0.29) is 30.0 Å². The predicted octanol–water partition coefficient (Wildman–Crippen LogP) is 5.24. The second-order valence-corrected chi connectivity index (χ2v) is 10.1. The summed E-state index contributed by atoms with van der Waals surface area (Å²) in [7, 11) is 3.19. The molecule has 6 rings (SSSR count). The van der Waals surface area contributed by atoms with Crippen molar-refractivity contribution >= 4 is 11.6 Å². The first-order chi connectivity index (χ1) is 17.6. The Morgan fingerprint density at radius 2 is 1.84 bits per heavy atom. The zero-order valence-corrected chi connectivity index (χ0v) is 21.2. The molecule has 6 nitrogen and oxygen atoms in total. The lowest BCUT2D eigenvalue weighted by molar-refractivity contribution is -0.119. The minimum absolute atomic E-state index is 0.0625. The first kappa shape index (κ1) is 25.4. The largest absolute Gasteiger partial charge is 0.481 e. The Labute approximate surface area is 219 Å². The number of pyridine rings is 1. The summed E-state index contributed by atoms with van der Waals surface area (Å²) in [5.74, 6) is -1.76. The maximum atomic E-state index is 12.2. The Bertz CT molecular complexity index is 1340. The number of hydrogen-bond acceptors (Lipinski definition) is 6. The summed E-state index contributed by atoms with van der Waals surface area (Å²) < 4.78 is 35.6. The molecule has 2 aliphatic heterocycles. The molecular weight excluding hydrogens is 500 g/mol. The van der Waals surface area contributed by atoms with Gasteiger partial charge in [0.2, 0.25) is 5.88 Å². The second-order valence-electron chi connectivity index (χ2n) is 9.74. The number of fused-ring (bicyclic) bond motifs is 3. The number of methoxy groups -OCH3 is 1. The molecule has 1 aromatic heterocycles. The molecule has 3 heterocycles. The molecule has 0 spiro atoms. The van der Waals surface area contributed by atoms with Gasteiger partial charge in [-0.15, -0.1) is 0 Å². The summed E-state index contributed by atoms with van der Waals surface area (Å²) in [6, 6.07) is 21.0. The van der Waals surface area contributed by atoms with Crippen LogP contribution >= 0.6 is 11.6 Å². The molecule has 2 fully saturated rings. The van der Waals surface area contributed by atoms with Gasteiger partial charge in [0.1, 0.15) is 16.5 Å². The van der Waals surface area contributed by atoms with Gasteiger partial charge in [-0.2, -0.15) is 5.26 Å². The van der Waals surface area contributed by atoms with E-state index in [1.165, 1.54) is 7.11 Å². The first-order valence-corrected chi connectivity index (χ1v) is 12.3. The highest BCUT2D eigenvalue weighted by Crippen LogP contribution is 2.68. The summed E-state index contributed by atoms with van der Waals surface area (Å²) >= 11 is 6.20. The predicted molar refractivity (Wildman–Crippen MR) is 134 cm³/mol. The SMILES string of the molecule is CN1CC(F)(F)C1.COc1nc(Cl)cc2c1C1(O)CCC(c3ccccc3)C1(c1ccc(C#N)cc1)O2. The summed E-state index contributed by atoms with van der Waals surface area (Å²) in [6.07, 6.45) is 1.19. The van der Waals surface area contributed by atoms with Crippen LogP contribution in [0.5, 0.6) is 11.6 Å². The molecule has 3 atom stereocenters. The summed E-state index contributed by atoms with van der Waals surface area (Å²) in [5.41, 5.74) is 0.487. The van der Waals surface area contributed by atoms with Crippen LogP contribution in [0.25, 0.3) is 0 Å². The van der Waals surface area contributed by atoms with E-state index in [4.69, 9.17) is 21.1 Å². The zero-order valence-electron chi connectivity index (χ0n) is 20.4. The van der Waals surface area contributed by atoms with Crippen LogP contribution in [-0.4, -0.2) is 48.2 Å². The number of ether oxygens (including phenoxy) is 2. The van der Waals surface area contributed by atoms with E-state index in [1.54, 1.807) is 30.1 Å². The number of aliphatic hydroxyl groups is 1. The fraction of sp³-hybridized carbons (Fsp3) is 0.357. The quantitative estimate of drug-likeness (QED) is 0.471. The highest BCUT2D eigenvalue weighted by Gasteiger charge is 2.69. The van der Waals surface area contributed by atoms with Crippen LogP contribution in [0.2, 0.25) is 5.15 Å². The fourth-order valence-corrected chi connectivity index (χ4v) is 6.05. The Kier molecular flexibility index (Phi) is 6.35. The van der Waals surface area contributed by atoms with E-state index in [9.17, 15) is 19.1 Å². The molecule has 1 saturated heterocycles. The molecule has 0 radical (unpaired) electrons. The Morgan fingerprint density at radius 1 is 1.16 bits per heavy atom. The maximum absolute atomic E-state index is 12.2. The van der Waals surface area contributed by atoms with Crippen LogP contribution in [0.4, 0.5) is 8.78 Å². The number of halogens is 3. The van der Waals surface area contributed by atoms with Crippen molar-refractivity contribution in [3.8, 4) is 17.7 Å². The van der Waals surface area contributed by atoms with E-state index >= 15 is 0 Å². The molecule has 1 aliphatic carbocycles. The van der Waals surface area contributed by atoms with Crippen molar-refractivity contribution in [1.82, 2.24) is 9.88 Å². The molecule has 192 valence electrons. The number of hydrogen-bond donors (Lipinski definition) is 1. The van der Waals surface area contributed by atoms with Crippen molar-refractivity contribution in [2.45, 2.75) is 35.9 Å². The van der Waals surface area contributed by atoms with Crippen molar-refractivity contribution in [3.63, 3.8) is 0 Å². The zero-order chi connectivity index (χ0) is 26.4. The van der Waals surface area contributed by atoms with Gasteiger partial charge in [0.25, 0.3) is 5.92 Å².